The van der Waals surface area contributed by atoms with Crippen LogP contribution in [0, 0.1) is 5.92 Å². The maximum atomic E-state index is 13.7. The molecule has 5 heteroatoms. The highest BCUT2D eigenvalue weighted by Gasteiger charge is 2.35. The lowest BCUT2D eigenvalue weighted by molar-refractivity contribution is -0.150. The Morgan fingerprint density at radius 2 is 1.90 bits per heavy atom. The second-order valence-corrected chi connectivity index (χ2v) is 7.51. The zero-order chi connectivity index (χ0) is 20.2. The number of ether oxygens (including phenoxy) is 1. The molecule has 29 heavy (non-hydrogen) atoms. The van der Waals surface area contributed by atoms with Crippen LogP contribution in [0.2, 0.25) is 0 Å². The zero-order valence-corrected chi connectivity index (χ0v) is 16.6. The molecule has 1 saturated heterocycles. The molecule has 1 aliphatic rings. The van der Waals surface area contributed by atoms with Crippen molar-refractivity contribution in [1.82, 2.24) is 9.88 Å². The molecular weight excluding hydrogens is 364 g/mol. The number of nitrogens with zero attached hydrogens (tertiary/aromatic N) is 1. The molecule has 2 atom stereocenters. The monoisotopic (exact) mass is 390 g/mol. The summed E-state index contributed by atoms with van der Waals surface area (Å²) < 4.78 is 5.25. The molecule has 2 aromatic carbocycles. The van der Waals surface area contributed by atoms with Gasteiger partial charge in [-0.25, -0.2) is 0 Å². The summed E-state index contributed by atoms with van der Waals surface area (Å²) >= 11 is 0. The minimum absolute atomic E-state index is 0.0539. The number of fused-ring (bicyclic) bond motifs is 1. The molecule has 1 aliphatic heterocycles. The standard InChI is InChI=1S/C24H26N2O3/c1-2-29-24(28)18-11-8-14-26(16-18)22(17-9-4-3-5-10-17)23(27)20-15-25-21-13-7-6-12-19(20)21/h3-7,9-10,12-13,15,18,22,25H,2,8,11,14,16H2,1H3. The molecular formula is C24H26N2O3. The van der Waals surface area contributed by atoms with Crippen LogP contribution >= 0.6 is 0 Å². The minimum atomic E-state index is -0.423. The van der Waals surface area contributed by atoms with Crippen molar-refractivity contribution in [3.63, 3.8) is 0 Å². The highest BCUT2D eigenvalue weighted by Crippen LogP contribution is 2.32. The Balaban J connectivity index is 1.69. The van der Waals surface area contributed by atoms with Gasteiger partial charge in [0.2, 0.25) is 0 Å². The van der Waals surface area contributed by atoms with E-state index in [9.17, 15) is 9.59 Å². The number of aromatic amines is 1. The number of aromatic nitrogens is 1. The van der Waals surface area contributed by atoms with Crippen LogP contribution in [0.1, 0.15) is 41.7 Å². The van der Waals surface area contributed by atoms with Crippen molar-refractivity contribution >= 4 is 22.7 Å². The molecule has 150 valence electrons. The number of rotatable bonds is 6. The molecule has 0 saturated carbocycles. The number of likely N-dealkylation sites (tertiary alicyclic amines) is 1. The van der Waals surface area contributed by atoms with E-state index in [-0.39, 0.29) is 17.7 Å². The van der Waals surface area contributed by atoms with Crippen molar-refractivity contribution < 1.29 is 14.3 Å². The van der Waals surface area contributed by atoms with Gasteiger partial charge in [0, 0.05) is 29.2 Å². The first-order valence-corrected chi connectivity index (χ1v) is 10.2. The van der Waals surface area contributed by atoms with Gasteiger partial charge in [-0.2, -0.15) is 0 Å². The number of carbonyl (C=O) groups is 2. The Hall–Kier alpha value is -2.92. The molecule has 0 aliphatic carbocycles. The molecule has 0 amide bonds. The van der Waals surface area contributed by atoms with Gasteiger partial charge < -0.3 is 9.72 Å². The van der Waals surface area contributed by atoms with Crippen LogP contribution in [-0.2, 0) is 9.53 Å². The SMILES string of the molecule is CCOC(=O)C1CCCN(C(C(=O)c2c[nH]c3ccccc23)c2ccccc2)C1. The Bertz CT molecular complexity index is 996. The van der Waals surface area contributed by atoms with Crippen LogP contribution in [0.3, 0.4) is 0 Å². The summed E-state index contributed by atoms with van der Waals surface area (Å²) in [6.45, 7) is 3.52. The van der Waals surface area contributed by atoms with Crippen molar-refractivity contribution in [2.24, 2.45) is 5.92 Å². The van der Waals surface area contributed by atoms with Crippen LogP contribution in [0.5, 0.6) is 0 Å². The van der Waals surface area contributed by atoms with E-state index < -0.39 is 6.04 Å². The first-order valence-electron chi connectivity index (χ1n) is 10.2. The van der Waals surface area contributed by atoms with Crippen molar-refractivity contribution in [3.8, 4) is 0 Å². The number of Topliss-reactive ketones (excluding diaryl/α,β-unsaturated/α-hetero) is 1. The third-order valence-electron chi connectivity index (χ3n) is 5.66. The summed E-state index contributed by atoms with van der Waals surface area (Å²) in [4.78, 5) is 31.4. The fourth-order valence-electron chi connectivity index (χ4n) is 4.28. The van der Waals surface area contributed by atoms with E-state index in [1.165, 1.54) is 0 Å². The molecule has 1 aromatic heterocycles. The van der Waals surface area contributed by atoms with Gasteiger partial charge in [0.25, 0.3) is 0 Å². The topological polar surface area (TPSA) is 62.4 Å². The largest absolute Gasteiger partial charge is 0.466 e. The number of hydrogen-bond donors (Lipinski definition) is 1. The molecule has 0 spiro atoms. The number of nitrogens with one attached hydrogen (secondary N) is 1. The Morgan fingerprint density at radius 3 is 2.69 bits per heavy atom. The summed E-state index contributed by atoms with van der Waals surface area (Å²) in [7, 11) is 0. The first-order chi connectivity index (χ1) is 14.2. The molecule has 2 heterocycles. The maximum absolute atomic E-state index is 13.7. The van der Waals surface area contributed by atoms with E-state index >= 15 is 0 Å². The number of benzene rings is 2. The molecule has 0 bridgehead atoms. The van der Waals surface area contributed by atoms with Crippen LogP contribution in [0.25, 0.3) is 10.9 Å². The first kappa shape index (κ1) is 19.4. The summed E-state index contributed by atoms with van der Waals surface area (Å²) in [5.41, 5.74) is 2.59. The Morgan fingerprint density at radius 1 is 1.14 bits per heavy atom. The summed E-state index contributed by atoms with van der Waals surface area (Å²) in [6.07, 6.45) is 3.47. The van der Waals surface area contributed by atoms with E-state index in [0.29, 0.717) is 18.7 Å². The maximum Gasteiger partial charge on any atom is 0.310 e. The lowest BCUT2D eigenvalue weighted by Crippen LogP contribution is -2.44. The Kier molecular flexibility index (Phi) is 5.76. The number of esters is 1. The number of piperidine rings is 1. The van der Waals surface area contributed by atoms with Crippen LogP contribution in [0.4, 0.5) is 0 Å². The number of H-pyrrole nitrogens is 1. The van der Waals surface area contributed by atoms with E-state index in [0.717, 1.165) is 35.9 Å². The van der Waals surface area contributed by atoms with E-state index in [4.69, 9.17) is 4.74 Å². The third kappa shape index (κ3) is 3.96. The molecule has 2 unspecified atom stereocenters. The second kappa shape index (κ2) is 8.62. The minimum Gasteiger partial charge on any atom is -0.466 e. The lowest BCUT2D eigenvalue weighted by atomic mass is 9.91. The number of para-hydroxylation sites is 1. The van der Waals surface area contributed by atoms with Crippen molar-refractivity contribution in [3.05, 3.63) is 71.9 Å². The predicted molar refractivity (Wildman–Crippen MR) is 113 cm³/mol. The molecule has 1 fully saturated rings. The molecule has 5 nitrogen and oxygen atoms in total. The van der Waals surface area contributed by atoms with Crippen LogP contribution < -0.4 is 0 Å². The smallest absolute Gasteiger partial charge is 0.310 e. The van der Waals surface area contributed by atoms with Crippen molar-refractivity contribution in [2.45, 2.75) is 25.8 Å². The summed E-state index contributed by atoms with van der Waals surface area (Å²) in [6, 6.07) is 17.3. The molecule has 0 radical (unpaired) electrons. The zero-order valence-electron chi connectivity index (χ0n) is 16.6. The van der Waals surface area contributed by atoms with E-state index in [1.54, 1.807) is 6.20 Å². The fraction of sp³-hybridized carbons (Fsp3) is 0.333. The van der Waals surface area contributed by atoms with E-state index in [1.807, 2.05) is 61.5 Å². The van der Waals surface area contributed by atoms with Gasteiger partial charge in [-0.05, 0) is 37.9 Å². The summed E-state index contributed by atoms with van der Waals surface area (Å²) in [5, 5.41) is 0.928. The van der Waals surface area contributed by atoms with Crippen molar-refractivity contribution in [2.75, 3.05) is 19.7 Å². The average molecular weight is 390 g/mol. The van der Waals surface area contributed by atoms with Gasteiger partial charge >= 0.3 is 5.97 Å². The lowest BCUT2D eigenvalue weighted by Gasteiger charge is -2.37. The summed E-state index contributed by atoms with van der Waals surface area (Å²) in [5.74, 6) is -0.299. The molecule has 4 rings (SSSR count). The van der Waals surface area contributed by atoms with Gasteiger partial charge in [0.15, 0.2) is 5.78 Å². The van der Waals surface area contributed by atoms with Gasteiger partial charge in [-0.15, -0.1) is 0 Å². The fourth-order valence-corrected chi connectivity index (χ4v) is 4.28. The normalized spacial score (nSPS) is 18.4. The third-order valence-corrected chi connectivity index (χ3v) is 5.66. The number of ketones is 1. The van der Waals surface area contributed by atoms with Gasteiger partial charge in [0.05, 0.1) is 18.6 Å². The van der Waals surface area contributed by atoms with Gasteiger partial charge in [-0.3, -0.25) is 14.5 Å². The van der Waals surface area contributed by atoms with Crippen molar-refractivity contribution in [1.29, 1.82) is 0 Å². The molecule has 3 aromatic rings. The average Bonchev–Trinajstić information content (AvgIpc) is 3.19. The quantitative estimate of drug-likeness (QED) is 0.502. The van der Waals surface area contributed by atoms with Gasteiger partial charge in [-0.1, -0.05) is 48.5 Å². The Labute approximate surface area is 170 Å². The predicted octanol–water partition coefficient (Wildman–Crippen LogP) is 4.37. The highest BCUT2D eigenvalue weighted by atomic mass is 16.5. The van der Waals surface area contributed by atoms with Gasteiger partial charge in [0.1, 0.15) is 0 Å². The number of hydrogen-bond acceptors (Lipinski definition) is 4. The van der Waals surface area contributed by atoms with E-state index in [2.05, 4.69) is 9.88 Å². The molecule has 1 N–H and O–H groups in total. The second-order valence-electron chi connectivity index (χ2n) is 7.51. The highest BCUT2D eigenvalue weighted by molar-refractivity contribution is 6.10. The van der Waals surface area contributed by atoms with Crippen LogP contribution in [-0.4, -0.2) is 41.3 Å². The van der Waals surface area contributed by atoms with Crippen LogP contribution in [0.15, 0.2) is 60.8 Å². The number of carbonyl (C=O) groups excluding carboxylic acids is 2.